The molecule has 0 unspecified atom stereocenters. The topological polar surface area (TPSA) is 78.2 Å². The highest BCUT2D eigenvalue weighted by Gasteiger charge is 2.22. The molecule has 0 saturated carbocycles. The lowest BCUT2D eigenvalue weighted by molar-refractivity contribution is -0.385. The number of benzene rings is 1. The lowest BCUT2D eigenvalue weighted by Crippen LogP contribution is -2.12. The summed E-state index contributed by atoms with van der Waals surface area (Å²) in [5.74, 6) is 0.851. The van der Waals surface area contributed by atoms with Crippen LogP contribution in [0.4, 0.5) is 5.69 Å². The second-order valence-electron chi connectivity index (χ2n) is 5.65. The van der Waals surface area contributed by atoms with Crippen LogP contribution in [-0.2, 0) is 11.8 Å². The second-order valence-corrected chi connectivity index (χ2v) is 6.36. The van der Waals surface area contributed by atoms with Crippen molar-refractivity contribution in [1.82, 2.24) is 9.36 Å². The smallest absolute Gasteiger partial charge is 0.311 e. The molecule has 112 valence electrons. The number of hydrogen-bond acceptors (Lipinski definition) is 6. The van der Waals surface area contributed by atoms with Crippen LogP contribution in [-0.4, -0.2) is 14.3 Å². The zero-order chi connectivity index (χ0) is 15.6. The predicted molar refractivity (Wildman–Crippen MR) is 81.2 cm³/mol. The molecule has 6 nitrogen and oxygen atoms in total. The summed E-state index contributed by atoms with van der Waals surface area (Å²) >= 11 is 1.10. The van der Waals surface area contributed by atoms with E-state index >= 15 is 0 Å². The van der Waals surface area contributed by atoms with E-state index in [1.54, 1.807) is 6.07 Å². The van der Waals surface area contributed by atoms with Crippen LogP contribution < -0.4 is 4.74 Å². The van der Waals surface area contributed by atoms with Crippen LogP contribution in [0.2, 0.25) is 0 Å². The van der Waals surface area contributed by atoms with Crippen molar-refractivity contribution in [2.24, 2.45) is 0 Å². The summed E-state index contributed by atoms with van der Waals surface area (Å²) < 4.78 is 9.78. The Morgan fingerprint density at radius 3 is 2.62 bits per heavy atom. The summed E-state index contributed by atoms with van der Waals surface area (Å²) in [6.45, 7) is 7.94. The van der Waals surface area contributed by atoms with Gasteiger partial charge in [-0.2, -0.15) is 9.36 Å². The molecular formula is C14H17N3O3S. The van der Waals surface area contributed by atoms with E-state index in [0.29, 0.717) is 11.0 Å². The summed E-state index contributed by atoms with van der Waals surface area (Å²) in [6, 6.07) is 4.95. The molecule has 0 radical (unpaired) electrons. The van der Waals surface area contributed by atoms with E-state index in [1.165, 1.54) is 6.07 Å². The third-order valence-electron chi connectivity index (χ3n) is 2.90. The van der Waals surface area contributed by atoms with Gasteiger partial charge in [-0.05, 0) is 18.1 Å². The Balaban J connectivity index is 2.31. The van der Waals surface area contributed by atoms with Gasteiger partial charge in [0.05, 0.1) is 4.92 Å². The van der Waals surface area contributed by atoms with Gasteiger partial charge in [0.15, 0.2) is 5.82 Å². The quantitative estimate of drug-likeness (QED) is 0.627. The van der Waals surface area contributed by atoms with Crippen molar-refractivity contribution in [3.8, 4) is 10.9 Å². The zero-order valence-electron chi connectivity index (χ0n) is 12.4. The normalized spacial score (nSPS) is 11.4. The van der Waals surface area contributed by atoms with Gasteiger partial charge in [0.2, 0.25) is 5.75 Å². The largest absolute Gasteiger partial charge is 0.422 e. The minimum Gasteiger partial charge on any atom is -0.422 e. The van der Waals surface area contributed by atoms with Gasteiger partial charge in [0.25, 0.3) is 5.19 Å². The van der Waals surface area contributed by atoms with E-state index in [1.807, 2.05) is 33.8 Å². The third-order valence-corrected chi connectivity index (χ3v) is 3.50. The summed E-state index contributed by atoms with van der Waals surface area (Å²) in [5.41, 5.74) is 0.652. The molecule has 0 fully saturated rings. The van der Waals surface area contributed by atoms with Crippen molar-refractivity contribution in [2.75, 3.05) is 0 Å². The van der Waals surface area contributed by atoms with Crippen LogP contribution in [0.3, 0.4) is 0 Å². The maximum atomic E-state index is 11.1. The standard InChI is InChI=1S/C14H17N3O3S/c1-5-9-6-7-11(10(8-9)17(18)19)20-13-15-12(16-21-13)14(2,3)4/h6-8H,5H2,1-4H3. The minimum absolute atomic E-state index is 0.0538. The molecule has 0 aliphatic heterocycles. The molecule has 1 heterocycles. The van der Waals surface area contributed by atoms with Crippen molar-refractivity contribution in [2.45, 2.75) is 39.5 Å². The summed E-state index contributed by atoms with van der Waals surface area (Å²) in [4.78, 5) is 15.0. The number of aromatic nitrogens is 2. The maximum Gasteiger partial charge on any atom is 0.311 e. The van der Waals surface area contributed by atoms with E-state index in [4.69, 9.17) is 4.74 Å². The molecule has 0 aliphatic rings. The molecule has 1 aromatic carbocycles. The molecular weight excluding hydrogens is 290 g/mol. The number of rotatable bonds is 4. The van der Waals surface area contributed by atoms with Crippen LogP contribution in [0, 0.1) is 10.1 Å². The highest BCUT2D eigenvalue weighted by molar-refractivity contribution is 7.07. The van der Waals surface area contributed by atoms with Crippen molar-refractivity contribution in [3.05, 3.63) is 39.7 Å². The summed E-state index contributed by atoms with van der Waals surface area (Å²) in [7, 11) is 0. The number of hydrogen-bond donors (Lipinski definition) is 0. The molecule has 0 saturated heterocycles. The van der Waals surface area contributed by atoms with Gasteiger partial charge in [-0.15, -0.1) is 0 Å². The Hall–Kier alpha value is -2.02. The Bertz CT molecular complexity index is 662. The average molecular weight is 307 g/mol. The molecule has 21 heavy (non-hydrogen) atoms. The van der Waals surface area contributed by atoms with Crippen LogP contribution in [0.25, 0.3) is 0 Å². The van der Waals surface area contributed by atoms with Crippen molar-refractivity contribution >= 4 is 17.2 Å². The van der Waals surface area contributed by atoms with Crippen LogP contribution >= 0.6 is 11.5 Å². The lowest BCUT2D eigenvalue weighted by atomic mass is 9.96. The molecule has 0 spiro atoms. The highest BCUT2D eigenvalue weighted by atomic mass is 32.1. The molecule has 7 heteroatoms. The molecule has 0 atom stereocenters. The van der Waals surface area contributed by atoms with Crippen molar-refractivity contribution in [3.63, 3.8) is 0 Å². The van der Waals surface area contributed by atoms with E-state index in [0.717, 1.165) is 23.5 Å². The van der Waals surface area contributed by atoms with Gasteiger partial charge in [-0.3, -0.25) is 10.1 Å². The first-order chi connectivity index (χ1) is 9.81. The van der Waals surface area contributed by atoms with Gasteiger partial charge in [0, 0.05) is 23.0 Å². The van der Waals surface area contributed by atoms with E-state index in [2.05, 4.69) is 9.36 Å². The predicted octanol–water partition coefficient (Wildman–Crippen LogP) is 4.10. The Kier molecular flexibility index (Phi) is 4.22. The zero-order valence-corrected chi connectivity index (χ0v) is 13.2. The van der Waals surface area contributed by atoms with Gasteiger partial charge in [-0.25, -0.2) is 0 Å². The minimum atomic E-state index is -0.444. The number of nitrogens with zero attached hydrogens (tertiary/aromatic N) is 3. The Morgan fingerprint density at radius 2 is 2.10 bits per heavy atom. The fourth-order valence-corrected chi connectivity index (χ4v) is 2.40. The summed E-state index contributed by atoms with van der Waals surface area (Å²) in [6.07, 6.45) is 0.730. The third kappa shape index (κ3) is 3.55. The number of ether oxygens (including phenoxy) is 1. The molecule has 0 aliphatic carbocycles. The van der Waals surface area contributed by atoms with Crippen LogP contribution in [0.5, 0.6) is 10.9 Å². The van der Waals surface area contributed by atoms with Gasteiger partial charge in [0.1, 0.15) is 0 Å². The number of nitro groups is 1. The van der Waals surface area contributed by atoms with Crippen LogP contribution in [0.15, 0.2) is 18.2 Å². The Morgan fingerprint density at radius 1 is 1.38 bits per heavy atom. The summed E-state index contributed by atoms with van der Waals surface area (Å²) in [5, 5.41) is 11.4. The fraction of sp³-hybridized carbons (Fsp3) is 0.429. The van der Waals surface area contributed by atoms with E-state index in [-0.39, 0.29) is 16.9 Å². The Labute approximate surface area is 127 Å². The van der Waals surface area contributed by atoms with Gasteiger partial charge in [-0.1, -0.05) is 33.8 Å². The molecule has 1 aromatic heterocycles. The van der Waals surface area contributed by atoms with Crippen LogP contribution in [0.1, 0.15) is 39.1 Å². The van der Waals surface area contributed by atoms with E-state index in [9.17, 15) is 10.1 Å². The molecule has 0 bridgehead atoms. The SMILES string of the molecule is CCc1ccc(Oc2nc(C(C)(C)C)ns2)c([N+](=O)[O-])c1. The first-order valence-electron chi connectivity index (χ1n) is 6.60. The van der Waals surface area contributed by atoms with Crippen molar-refractivity contribution in [1.29, 1.82) is 0 Å². The first-order valence-corrected chi connectivity index (χ1v) is 7.38. The second kappa shape index (κ2) is 5.77. The van der Waals surface area contributed by atoms with Crippen molar-refractivity contribution < 1.29 is 9.66 Å². The highest BCUT2D eigenvalue weighted by Crippen LogP contribution is 2.34. The number of nitro benzene ring substituents is 1. The lowest BCUT2D eigenvalue weighted by Gasteiger charge is -2.12. The first kappa shape index (κ1) is 15.4. The monoisotopic (exact) mass is 307 g/mol. The van der Waals surface area contributed by atoms with Gasteiger partial charge < -0.3 is 4.74 Å². The number of aryl methyl sites for hydroxylation is 1. The van der Waals surface area contributed by atoms with Gasteiger partial charge >= 0.3 is 5.69 Å². The molecule has 2 rings (SSSR count). The molecule has 0 amide bonds. The van der Waals surface area contributed by atoms with E-state index < -0.39 is 4.92 Å². The molecule has 2 aromatic rings. The fourth-order valence-electron chi connectivity index (χ4n) is 1.66. The maximum absolute atomic E-state index is 11.1. The molecule has 0 N–H and O–H groups in total. The average Bonchev–Trinajstić information content (AvgIpc) is 2.87.